The zero-order valence-corrected chi connectivity index (χ0v) is 16.1. The third-order valence-corrected chi connectivity index (χ3v) is 6.34. The monoisotopic (exact) mass is 367 g/mol. The molecule has 3 unspecified atom stereocenters. The van der Waals surface area contributed by atoms with Gasteiger partial charge in [-0.2, -0.15) is 0 Å². The molecule has 0 amide bonds. The summed E-state index contributed by atoms with van der Waals surface area (Å²) >= 11 is 0. The maximum Gasteiger partial charge on any atom is 0.123 e. The van der Waals surface area contributed by atoms with Crippen LogP contribution in [0.5, 0.6) is 0 Å². The van der Waals surface area contributed by atoms with Gasteiger partial charge in [0.15, 0.2) is 0 Å². The average molecular weight is 368 g/mol. The van der Waals surface area contributed by atoms with Crippen molar-refractivity contribution in [3.8, 4) is 0 Å². The molecule has 2 aliphatic heterocycles. The normalized spacial score (nSPS) is 25.6. The summed E-state index contributed by atoms with van der Waals surface area (Å²) in [6.07, 6.45) is 2.40. The minimum absolute atomic E-state index is 0.136. The highest BCUT2D eigenvalue weighted by Crippen LogP contribution is 2.33. The summed E-state index contributed by atoms with van der Waals surface area (Å²) in [6.45, 7) is 6.62. The number of halogens is 1. The van der Waals surface area contributed by atoms with Gasteiger partial charge in [0.25, 0.3) is 0 Å². The predicted molar refractivity (Wildman–Crippen MR) is 108 cm³/mol. The lowest BCUT2D eigenvalue weighted by molar-refractivity contribution is 0.152. The molecule has 0 saturated carbocycles. The van der Waals surface area contributed by atoms with Gasteiger partial charge in [0, 0.05) is 25.0 Å². The van der Waals surface area contributed by atoms with E-state index in [1.807, 2.05) is 6.07 Å². The molecule has 3 nitrogen and oxygen atoms in total. The maximum atomic E-state index is 13.7. The highest BCUT2D eigenvalue weighted by atomic mass is 19.1. The Morgan fingerprint density at radius 1 is 1.07 bits per heavy atom. The van der Waals surface area contributed by atoms with Crippen molar-refractivity contribution in [2.45, 2.75) is 37.6 Å². The molecule has 0 bridgehead atoms. The Balaban J connectivity index is 1.33. The molecule has 2 aromatic rings. The minimum Gasteiger partial charge on any atom is -0.303 e. The van der Waals surface area contributed by atoms with Crippen molar-refractivity contribution in [1.29, 1.82) is 0 Å². The lowest BCUT2D eigenvalue weighted by Gasteiger charge is -2.37. The van der Waals surface area contributed by atoms with Crippen molar-refractivity contribution in [2.24, 2.45) is 5.92 Å². The number of hydrogen-bond acceptors (Lipinski definition) is 3. The number of piperidine rings is 1. The fourth-order valence-corrected chi connectivity index (χ4v) is 4.79. The van der Waals surface area contributed by atoms with Crippen molar-refractivity contribution in [1.82, 2.24) is 15.8 Å². The summed E-state index contributed by atoms with van der Waals surface area (Å²) in [6, 6.07) is 18.3. The SMILES string of the molecule is CC(CN1CCC(C2NNCC2c2cccc(F)c2)CC1)c1ccccc1. The van der Waals surface area contributed by atoms with Gasteiger partial charge in [-0.15, -0.1) is 0 Å². The second-order valence-corrected chi connectivity index (χ2v) is 8.16. The Hall–Kier alpha value is -1.75. The number of nitrogens with zero attached hydrogens (tertiary/aromatic N) is 1. The first-order chi connectivity index (χ1) is 13.2. The van der Waals surface area contributed by atoms with Crippen molar-refractivity contribution >= 4 is 0 Å². The zero-order valence-electron chi connectivity index (χ0n) is 16.1. The maximum absolute atomic E-state index is 13.7. The van der Waals surface area contributed by atoms with Crippen LogP contribution in [0.3, 0.4) is 0 Å². The number of nitrogens with one attached hydrogen (secondary N) is 2. The van der Waals surface area contributed by atoms with Gasteiger partial charge in [0.2, 0.25) is 0 Å². The van der Waals surface area contributed by atoms with Gasteiger partial charge < -0.3 is 4.90 Å². The Morgan fingerprint density at radius 2 is 1.85 bits per heavy atom. The molecule has 2 N–H and O–H groups in total. The molecule has 4 heteroatoms. The number of rotatable bonds is 5. The number of likely N-dealkylation sites (tertiary alicyclic amines) is 1. The molecule has 2 aliphatic rings. The molecular formula is C23H30FN3. The van der Waals surface area contributed by atoms with Crippen molar-refractivity contribution in [2.75, 3.05) is 26.2 Å². The molecule has 3 atom stereocenters. The lowest BCUT2D eigenvalue weighted by Crippen LogP contribution is -2.44. The molecule has 0 aliphatic carbocycles. The van der Waals surface area contributed by atoms with Crippen LogP contribution >= 0.6 is 0 Å². The highest BCUT2D eigenvalue weighted by Gasteiger charge is 2.36. The fraction of sp³-hybridized carbons (Fsp3) is 0.478. The molecule has 2 saturated heterocycles. The molecule has 2 heterocycles. The minimum atomic E-state index is -0.136. The molecule has 0 aromatic heterocycles. The second-order valence-electron chi connectivity index (χ2n) is 8.16. The third-order valence-electron chi connectivity index (χ3n) is 6.34. The Morgan fingerprint density at radius 3 is 2.59 bits per heavy atom. The molecule has 2 fully saturated rings. The van der Waals surface area contributed by atoms with Gasteiger partial charge in [-0.3, -0.25) is 10.9 Å². The van der Waals surface area contributed by atoms with Crippen LogP contribution in [0.15, 0.2) is 54.6 Å². The summed E-state index contributed by atoms with van der Waals surface area (Å²) in [5.74, 6) is 1.41. The van der Waals surface area contributed by atoms with Crippen LogP contribution in [-0.2, 0) is 0 Å². The van der Waals surface area contributed by atoms with Gasteiger partial charge in [0.1, 0.15) is 5.82 Å². The molecule has 4 rings (SSSR count). The van der Waals surface area contributed by atoms with Gasteiger partial charge in [-0.25, -0.2) is 4.39 Å². The van der Waals surface area contributed by atoms with E-state index in [1.165, 1.54) is 24.5 Å². The summed E-state index contributed by atoms with van der Waals surface area (Å²) < 4.78 is 13.7. The first kappa shape index (κ1) is 18.6. The second kappa shape index (κ2) is 8.51. The third kappa shape index (κ3) is 4.40. The van der Waals surface area contributed by atoms with Gasteiger partial charge in [-0.05, 0) is 61.0 Å². The molecule has 2 aromatic carbocycles. The molecule has 27 heavy (non-hydrogen) atoms. The van der Waals surface area contributed by atoms with Crippen LogP contribution in [0.2, 0.25) is 0 Å². The van der Waals surface area contributed by atoms with Crippen LogP contribution in [0.4, 0.5) is 4.39 Å². The topological polar surface area (TPSA) is 27.3 Å². The first-order valence-electron chi connectivity index (χ1n) is 10.2. The van der Waals surface area contributed by atoms with Gasteiger partial charge in [-0.1, -0.05) is 49.4 Å². The largest absolute Gasteiger partial charge is 0.303 e. The summed E-state index contributed by atoms with van der Waals surface area (Å²) in [4.78, 5) is 2.60. The molecule has 0 spiro atoms. The first-order valence-corrected chi connectivity index (χ1v) is 10.2. The van der Waals surface area contributed by atoms with E-state index < -0.39 is 0 Å². The Labute approximate surface area is 161 Å². The average Bonchev–Trinajstić information content (AvgIpc) is 3.19. The molecule has 0 radical (unpaired) electrons. The van der Waals surface area contributed by atoms with Crippen molar-refractivity contribution in [3.05, 3.63) is 71.5 Å². The molecule has 144 valence electrons. The van der Waals surface area contributed by atoms with E-state index >= 15 is 0 Å². The van der Waals surface area contributed by atoms with E-state index in [2.05, 4.69) is 59.1 Å². The quantitative estimate of drug-likeness (QED) is 0.839. The molecular weight excluding hydrogens is 337 g/mol. The van der Waals surface area contributed by atoms with Crippen LogP contribution < -0.4 is 10.9 Å². The smallest absolute Gasteiger partial charge is 0.123 e. The van der Waals surface area contributed by atoms with E-state index in [9.17, 15) is 4.39 Å². The highest BCUT2D eigenvalue weighted by molar-refractivity contribution is 5.24. The van der Waals surface area contributed by atoms with Crippen LogP contribution in [0.1, 0.15) is 42.7 Å². The Kier molecular flexibility index (Phi) is 5.86. The van der Waals surface area contributed by atoms with Crippen LogP contribution in [0, 0.1) is 11.7 Å². The van der Waals surface area contributed by atoms with E-state index in [4.69, 9.17) is 0 Å². The lowest BCUT2D eigenvalue weighted by atomic mass is 9.80. The van der Waals surface area contributed by atoms with Crippen molar-refractivity contribution < 1.29 is 4.39 Å². The summed E-state index contributed by atoms with van der Waals surface area (Å²) in [5.41, 5.74) is 9.33. The number of hydrazine groups is 1. The van der Waals surface area contributed by atoms with E-state index in [1.54, 1.807) is 6.07 Å². The standard InChI is InChI=1S/C23H30FN3/c1-17(18-6-3-2-4-7-18)16-27-12-10-19(11-13-27)23-22(15-25-26-23)20-8-5-9-21(24)14-20/h2-9,14,17,19,22-23,25-26H,10-13,15-16H2,1H3. The van der Waals surface area contributed by atoms with E-state index in [0.717, 1.165) is 31.7 Å². The van der Waals surface area contributed by atoms with Gasteiger partial charge >= 0.3 is 0 Å². The summed E-state index contributed by atoms with van der Waals surface area (Å²) in [7, 11) is 0. The van der Waals surface area contributed by atoms with E-state index in [-0.39, 0.29) is 5.82 Å². The van der Waals surface area contributed by atoms with Crippen LogP contribution in [0.25, 0.3) is 0 Å². The van der Waals surface area contributed by atoms with E-state index in [0.29, 0.717) is 23.8 Å². The predicted octanol–water partition coefficient (Wildman–Crippen LogP) is 3.90. The van der Waals surface area contributed by atoms with Gasteiger partial charge in [0.05, 0.1) is 0 Å². The van der Waals surface area contributed by atoms with Crippen LogP contribution in [-0.4, -0.2) is 37.1 Å². The van der Waals surface area contributed by atoms with Crippen molar-refractivity contribution in [3.63, 3.8) is 0 Å². The number of benzene rings is 2. The number of hydrogen-bond donors (Lipinski definition) is 2. The zero-order chi connectivity index (χ0) is 18.6. The fourth-order valence-electron chi connectivity index (χ4n) is 4.79. The summed E-state index contributed by atoms with van der Waals surface area (Å²) in [5, 5.41) is 0. The Bertz CT molecular complexity index is 727.